The van der Waals surface area contributed by atoms with Crippen LogP contribution < -0.4 is 43.3 Å². The highest BCUT2D eigenvalue weighted by Crippen LogP contribution is 2.38. The van der Waals surface area contributed by atoms with Gasteiger partial charge in [0.15, 0.2) is 27.8 Å². The molecule has 0 saturated heterocycles. The van der Waals surface area contributed by atoms with Crippen LogP contribution in [0.15, 0.2) is 75.7 Å². The number of carbonyl (C=O) groups is 1. The Morgan fingerprint density at radius 3 is 2.44 bits per heavy atom. The first-order valence-corrected chi connectivity index (χ1v) is 16.3. The zero-order chi connectivity index (χ0) is 33.9. The minimum atomic E-state index is -0.789. The van der Waals surface area contributed by atoms with E-state index < -0.39 is 6.04 Å². The number of benzene rings is 3. The summed E-state index contributed by atoms with van der Waals surface area (Å²) in [4.78, 5) is 35.3. The maximum Gasteiger partial charge on any atom is 0.271 e. The fourth-order valence-corrected chi connectivity index (χ4v) is 6.91. The van der Waals surface area contributed by atoms with E-state index in [9.17, 15) is 9.59 Å². The van der Waals surface area contributed by atoms with Crippen molar-refractivity contribution < 1.29 is 33.2 Å². The summed E-state index contributed by atoms with van der Waals surface area (Å²) in [5, 5.41) is 0. The fraction of sp³-hybridized carbons (Fsp3) is 0.306. The molecule has 12 heteroatoms. The van der Waals surface area contributed by atoms with E-state index in [0.717, 1.165) is 11.1 Å². The lowest BCUT2D eigenvalue weighted by molar-refractivity contribution is -0.127. The summed E-state index contributed by atoms with van der Waals surface area (Å²) >= 11 is 1.25. The molecule has 6 rings (SSSR count). The molecule has 0 saturated carbocycles. The Morgan fingerprint density at radius 1 is 0.958 bits per heavy atom. The smallest absolute Gasteiger partial charge is 0.271 e. The maximum absolute atomic E-state index is 14.3. The zero-order valence-corrected chi connectivity index (χ0v) is 28.5. The van der Waals surface area contributed by atoms with Crippen LogP contribution in [0.3, 0.4) is 0 Å². The van der Waals surface area contributed by atoms with Crippen LogP contribution in [0.1, 0.15) is 43.5 Å². The first-order chi connectivity index (χ1) is 23.3. The highest BCUT2D eigenvalue weighted by Gasteiger charge is 2.36. The summed E-state index contributed by atoms with van der Waals surface area (Å²) in [6, 6.07) is 15.7. The van der Waals surface area contributed by atoms with E-state index in [2.05, 4.69) is 0 Å². The van der Waals surface area contributed by atoms with Crippen LogP contribution >= 0.6 is 11.3 Å². The first kappa shape index (κ1) is 32.7. The summed E-state index contributed by atoms with van der Waals surface area (Å²) < 4.78 is 35.9. The van der Waals surface area contributed by atoms with E-state index in [4.69, 9.17) is 33.4 Å². The molecule has 1 atom stereocenters. The van der Waals surface area contributed by atoms with Gasteiger partial charge in [-0.1, -0.05) is 23.5 Å². The molecule has 2 aliphatic heterocycles. The predicted molar refractivity (Wildman–Crippen MR) is 181 cm³/mol. The third-order valence-corrected chi connectivity index (χ3v) is 9.33. The van der Waals surface area contributed by atoms with Gasteiger partial charge < -0.3 is 33.3 Å². The quantitative estimate of drug-likeness (QED) is 0.230. The van der Waals surface area contributed by atoms with Gasteiger partial charge in [0.2, 0.25) is 6.79 Å². The van der Waals surface area contributed by atoms with Crippen LogP contribution in [0.2, 0.25) is 0 Å². The summed E-state index contributed by atoms with van der Waals surface area (Å²) in [5.41, 5.74) is 2.95. The lowest BCUT2D eigenvalue weighted by Crippen LogP contribution is -2.43. The van der Waals surface area contributed by atoms with Gasteiger partial charge in [0.05, 0.1) is 37.1 Å². The number of aromatic nitrogens is 1. The number of likely N-dealkylation sites (N-methyl/N-ethyl adjacent to an activating group) is 1. The molecule has 48 heavy (non-hydrogen) atoms. The summed E-state index contributed by atoms with van der Waals surface area (Å²) in [5.74, 6) is 3.37. The van der Waals surface area contributed by atoms with Crippen molar-refractivity contribution >= 4 is 23.3 Å². The molecule has 4 aromatic rings. The fourth-order valence-electron chi connectivity index (χ4n) is 5.86. The minimum absolute atomic E-state index is 0.188. The van der Waals surface area contributed by atoms with Crippen molar-refractivity contribution in [2.24, 2.45) is 4.99 Å². The largest absolute Gasteiger partial charge is 0.497 e. The average molecular weight is 672 g/mol. The van der Waals surface area contributed by atoms with Crippen molar-refractivity contribution in [2.45, 2.75) is 33.4 Å². The average Bonchev–Trinajstić information content (AvgIpc) is 3.70. The molecule has 250 valence electrons. The number of thiazole rings is 1. The third-order valence-electron chi connectivity index (χ3n) is 8.35. The monoisotopic (exact) mass is 671 g/mol. The highest BCUT2D eigenvalue weighted by atomic mass is 32.1. The van der Waals surface area contributed by atoms with E-state index in [0.29, 0.717) is 80.4 Å². The molecule has 3 aromatic carbocycles. The second-order valence-electron chi connectivity index (χ2n) is 11.1. The second kappa shape index (κ2) is 13.9. The van der Waals surface area contributed by atoms with Crippen LogP contribution in [0.5, 0.6) is 34.5 Å². The zero-order valence-electron chi connectivity index (χ0n) is 27.7. The Labute approximate surface area is 281 Å². The molecule has 1 amide bonds. The Hall–Kier alpha value is -5.23. The maximum atomic E-state index is 14.3. The number of ether oxygens (including phenoxy) is 6. The summed E-state index contributed by atoms with van der Waals surface area (Å²) in [6.07, 6.45) is 1.79. The van der Waals surface area contributed by atoms with Crippen molar-refractivity contribution in [1.29, 1.82) is 0 Å². The van der Waals surface area contributed by atoms with Gasteiger partial charge >= 0.3 is 0 Å². The predicted octanol–water partition coefficient (Wildman–Crippen LogP) is 4.44. The molecule has 0 unspecified atom stereocenters. The van der Waals surface area contributed by atoms with Gasteiger partial charge in [-0.2, -0.15) is 0 Å². The van der Waals surface area contributed by atoms with Gasteiger partial charge in [0, 0.05) is 18.7 Å². The van der Waals surface area contributed by atoms with Crippen molar-refractivity contribution in [3.63, 3.8) is 0 Å². The van der Waals surface area contributed by atoms with Crippen LogP contribution in [0, 0.1) is 0 Å². The Kier molecular flexibility index (Phi) is 9.44. The number of fused-ring (bicyclic) bond motifs is 2. The first-order valence-electron chi connectivity index (χ1n) is 15.5. The van der Waals surface area contributed by atoms with Crippen LogP contribution in [0.4, 0.5) is 0 Å². The second-order valence-corrected chi connectivity index (χ2v) is 12.1. The van der Waals surface area contributed by atoms with Crippen molar-refractivity contribution in [3.05, 3.63) is 102 Å². The molecule has 11 nitrogen and oxygen atoms in total. The third kappa shape index (κ3) is 6.11. The molecule has 0 spiro atoms. The van der Waals surface area contributed by atoms with Gasteiger partial charge in [-0.15, -0.1) is 0 Å². The number of amides is 1. The number of hydrogen-bond acceptors (Lipinski definition) is 10. The molecule has 0 fully saturated rings. The Bertz CT molecular complexity index is 2080. The standard InChI is InChI=1S/C36H37N3O8S/c1-7-38(8-2)35(41)32-21(3)37-36-39(33(32)25-18-24(42-4)11-14-26(25)43-5)34(40)31(48-36)17-22-9-12-27(29(15-22)44-6)45-19-23-10-13-28-30(16-23)47-20-46-28/h9-18,33H,7-8,19-20H2,1-6H3/b31-17+/t33-/m0/s1. The van der Waals surface area contributed by atoms with Crippen molar-refractivity contribution in [3.8, 4) is 34.5 Å². The minimum Gasteiger partial charge on any atom is -0.497 e. The van der Waals surface area contributed by atoms with Gasteiger partial charge in [0.25, 0.3) is 11.5 Å². The number of rotatable bonds is 11. The Balaban J connectivity index is 1.40. The molecule has 1 aromatic heterocycles. The Morgan fingerprint density at radius 2 is 1.71 bits per heavy atom. The topological polar surface area (TPSA) is 110 Å². The van der Waals surface area contributed by atoms with Gasteiger partial charge in [-0.25, -0.2) is 4.99 Å². The van der Waals surface area contributed by atoms with Crippen molar-refractivity contribution in [2.75, 3.05) is 41.2 Å². The summed E-state index contributed by atoms with van der Waals surface area (Å²) in [7, 11) is 4.70. The molecule has 2 aliphatic rings. The van der Waals surface area contributed by atoms with E-state index in [1.807, 2.05) is 56.3 Å². The SMILES string of the molecule is CCN(CC)C(=O)C1=C(C)N=c2s/c(=C/c3ccc(OCc4ccc5c(c4)OCO5)c(OC)c3)c(=O)n2[C@H]1c1cc(OC)ccc1OC. The van der Waals surface area contributed by atoms with E-state index in [1.54, 1.807) is 55.9 Å². The van der Waals surface area contributed by atoms with E-state index >= 15 is 0 Å². The van der Waals surface area contributed by atoms with Gasteiger partial charge in [0.1, 0.15) is 24.1 Å². The van der Waals surface area contributed by atoms with E-state index in [-0.39, 0.29) is 18.3 Å². The van der Waals surface area contributed by atoms with E-state index in [1.165, 1.54) is 11.3 Å². The molecule has 0 aliphatic carbocycles. The molecular formula is C36H37N3O8S. The van der Waals surface area contributed by atoms with Crippen LogP contribution in [0.25, 0.3) is 6.08 Å². The number of carbonyl (C=O) groups excluding carboxylic acids is 1. The normalized spacial score (nSPS) is 15.1. The summed E-state index contributed by atoms with van der Waals surface area (Å²) in [6.45, 7) is 7.18. The van der Waals surface area contributed by atoms with Gasteiger partial charge in [-0.05, 0) is 80.4 Å². The number of hydrogen-bond donors (Lipinski definition) is 0. The number of nitrogens with zero attached hydrogens (tertiary/aromatic N) is 3. The highest BCUT2D eigenvalue weighted by molar-refractivity contribution is 7.07. The number of allylic oxidation sites excluding steroid dienone is 1. The number of methoxy groups -OCH3 is 3. The lowest BCUT2D eigenvalue weighted by atomic mass is 9.93. The van der Waals surface area contributed by atoms with Gasteiger partial charge in [-0.3, -0.25) is 14.2 Å². The molecular weight excluding hydrogens is 634 g/mol. The van der Waals surface area contributed by atoms with Crippen LogP contribution in [-0.4, -0.2) is 56.6 Å². The molecule has 3 heterocycles. The lowest BCUT2D eigenvalue weighted by Gasteiger charge is -2.30. The molecule has 0 radical (unpaired) electrons. The van der Waals surface area contributed by atoms with Crippen molar-refractivity contribution in [1.82, 2.24) is 9.47 Å². The molecule has 0 N–H and O–H groups in total. The van der Waals surface area contributed by atoms with Crippen LogP contribution in [-0.2, 0) is 11.4 Å². The molecule has 0 bridgehead atoms.